The minimum Gasteiger partial charge on any atom is -0.340 e. The van der Waals surface area contributed by atoms with E-state index in [9.17, 15) is 13.2 Å². The van der Waals surface area contributed by atoms with E-state index in [-0.39, 0.29) is 17.9 Å². The molecule has 1 aliphatic heterocycles. The molecular formula is C11H15F3N4. The lowest BCUT2D eigenvalue weighted by molar-refractivity contribution is -0.141. The monoisotopic (exact) mass is 260 g/mol. The Labute approximate surface area is 103 Å². The van der Waals surface area contributed by atoms with Crippen LogP contribution in [0.5, 0.6) is 0 Å². The Morgan fingerprint density at radius 3 is 2.78 bits per heavy atom. The van der Waals surface area contributed by atoms with Gasteiger partial charge < -0.3 is 10.6 Å². The lowest BCUT2D eigenvalue weighted by Crippen LogP contribution is -2.30. The molecule has 2 heterocycles. The molecule has 7 heteroatoms. The predicted molar refractivity (Wildman–Crippen MR) is 61.0 cm³/mol. The second-order valence-electron chi connectivity index (χ2n) is 4.59. The summed E-state index contributed by atoms with van der Waals surface area (Å²) in [6.45, 7) is 3.16. The molecule has 0 aliphatic carbocycles. The highest BCUT2D eigenvalue weighted by atomic mass is 19.4. The average Bonchev–Trinajstić information content (AvgIpc) is 2.77. The third kappa shape index (κ3) is 2.72. The van der Waals surface area contributed by atoms with Gasteiger partial charge >= 0.3 is 6.18 Å². The van der Waals surface area contributed by atoms with Crippen LogP contribution in [0.15, 0.2) is 12.3 Å². The molecule has 1 aromatic heterocycles. The van der Waals surface area contributed by atoms with Crippen molar-refractivity contribution in [1.29, 1.82) is 0 Å². The first kappa shape index (κ1) is 13.1. The normalized spacial score (nSPS) is 22.3. The van der Waals surface area contributed by atoms with Gasteiger partial charge in [-0.05, 0) is 25.3 Å². The van der Waals surface area contributed by atoms with Crippen molar-refractivity contribution in [1.82, 2.24) is 9.97 Å². The second kappa shape index (κ2) is 4.72. The Bertz CT molecular complexity index is 419. The van der Waals surface area contributed by atoms with Gasteiger partial charge in [-0.2, -0.15) is 13.2 Å². The van der Waals surface area contributed by atoms with Crippen LogP contribution in [0.25, 0.3) is 0 Å². The molecule has 0 aromatic carbocycles. The van der Waals surface area contributed by atoms with Gasteiger partial charge in [0.1, 0.15) is 5.69 Å². The maximum Gasteiger partial charge on any atom is 0.433 e. The van der Waals surface area contributed by atoms with Gasteiger partial charge in [0, 0.05) is 25.3 Å². The Hall–Kier alpha value is -1.37. The number of aromatic nitrogens is 2. The summed E-state index contributed by atoms with van der Waals surface area (Å²) in [6, 6.07) is 0.906. The molecule has 1 aliphatic rings. The number of halogens is 3. The molecule has 18 heavy (non-hydrogen) atoms. The van der Waals surface area contributed by atoms with Gasteiger partial charge in [-0.25, -0.2) is 9.97 Å². The standard InChI is InChI=1S/C11H15F3N4/c1-7(15)8-3-5-18(6-8)10-16-4-2-9(17-10)11(12,13)14/h2,4,7-8H,3,5-6,15H2,1H3. The molecule has 1 fully saturated rings. The highest BCUT2D eigenvalue weighted by molar-refractivity contribution is 5.32. The van der Waals surface area contributed by atoms with Crippen molar-refractivity contribution in [3.63, 3.8) is 0 Å². The first-order valence-electron chi connectivity index (χ1n) is 5.78. The predicted octanol–water partition coefficient (Wildman–Crippen LogP) is 1.67. The molecule has 0 radical (unpaired) electrons. The van der Waals surface area contributed by atoms with Crippen molar-refractivity contribution in [2.24, 2.45) is 11.7 Å². The second-order valence-corrected chi connectivity index (χ2v) is 4.59. The Balaban J connectivity index is 2.15. The molecule has 0 saturated carbocycles. The van der Waals surface area contributed by atoms with Crippen LogP contribution in [-0.4, -0.2) is 29.1 Å². The molecule has 0 amide bonds. The summed E-state index contributed by atoms with van der Waals surface area (Å²) >= 11 is 0. The minimum absolute atomic E-state index is 0.0285. The summed E-state index contributed by atoms with van der Waals surface area (Å²) in [5.41, 5.74) is 4.88. The summed E-state index contributed by atoms with van der Waals surface area (Å²) < 4.78 is 37.6. The maximum atomic E-state index is 12.5. The van der Waals surface area contributed by atoms with Crippen LogP contribution in [0.1, 0.15) is 19.0 Å². The van der Waals surface area contributed by atoms with Crippen LogP contribution in [0.4, 0.5) is 19.1 Å². The molecule has 2 unspecified atom stereocenters. The summed E-state index contributed by atoms with van der Waals surface area (Å²) in [5, 5.41) is 0. The lowest BCUT2D eigenvalue weighted by Gasteiger charge is -2.18. The van der Waals surface area contributed by atoms with Gasteiger partial charge in [0.2, 0.25) is 5.95 Å². The van der Waals surface area contributed by atoms with Crippen LogP contribution < -0.4 is 10.6 Å². The molecule has 100 valence electrons. The molecular weight excluding hydrogens is 245 g/mol. The van der Waals surface area contributed by atoms with Crippen molar-refractivity contribution in [3.8, 4) is 0 Å². The van der Waals surface area contributed by atoms with Crippen molar-refractivity contribution >= 4 is 5.95 Å². The molecule has 4 nitrogen and oxygen atoms in total. The van der Waals surface area contributed by atoms with Crippen LogP contribution in [0, 0.1) is 5.92 Å². The maximum absolute atomic E-state index is 12.5. The van der Waals surface area contributed by atoms with E-state index in [2.05, 4.69) is 9.97 Å². The van der Waals surface area contributed by atoms with Crippen molar-refractivity contribution < 1.29 is 13.2 Å². The number of hydrogen-bond donors (Lipinski definition) is 1. The number of hydrogen-bond acceptors (Lipinski definition) is 4. The Morgan fingerprint density at radius 2 is 2.22 bits per heavy atom. The largest absolute Gasteiger partial charge is 0.433 e. The fourth-order valence-corrected chi connectivity index (χ4v) is 2.06. The third-order valence-electron chi connectivity index (χ3n) is 3.18. The summed E-state index contributed by atoms with van der Waals surface area (Å²) in [4.78, 5) is 9.22. The zero-order chi connectivity index (χ0) is 13.3. The summed E-state index contributed by atoms with van der Waals surface area (Å²) in [5.74, 6) is 0.413. The highest BCUT2D eigenvalue weighted by Gasteiger charge is 2.34. The van der Waals surface area contributed by atoms with Crippen LogP contribution in [-0.2, 0) is 6.18 Å². The van der Waals surface area contributed by atoms with Gasteiger partial charge in [0.15, 0.2) is 0 Å². The molecule has 1 saturated heterocycles. The molecule has 2 rings (SSSR count). The van der Waals surface area contributed by atoms with Crippen LogP contribution >= 0.6 is 0 Å². The Morgan fingerprint density at radius 1 is 1.50 bits per heavy atom. The molecule has 1 aromatic rings. The summed E-state index contributed by atoms with van der Waals surface area (Å²) in [6.07, 6.45) is -2.43. The van der Waals surface area contributed by atoms with Crippen LogP contribution in [0.2, 0.25) is 0 Å². The molecule has 0 spiro atoms. The van der Waals surface area contributed by atoms with Crippen molar-refractivity contribution in [2.75, 3.05) is 18.0 Å². The zero-order valence-corrected chi connectivity index (χ0v) is 9.98. The summed E-state index contributed by atoms with van der Waals surface area (Å²) in [7, 11) is 0. The van der Waals surface area contributed by atoms with Crippen molar-refractivity contribution in [2.45, 2.75) is 25.6 Å². The number of nitrogens with two attached hydrogens (primary N) is 1. The molecule has 0 bridgehead atoms. The number of anilines is 1. The first-order chi connectivity index (χ1) is 8.38. The first-order valence-corrected chi connectivity index (χ1v) is 5.78. The fourth-order valence-electron chi connectivity index (χ4n) is 2.06. The average molecular weight is 260 g/mol. The van der Waals surface area contributed by atoms with E-state index in [0.29, 0.717) is 13.1 Å². The third-order valence-corrected chi connectivity index (χ3v) is 3.18. The number of nitrogens with zero attached hydrogens (tertiary/aromatic N) is 3. The lowest BCUT2D eigenvalue weighted by atomic mass is 10.0. The van der Waals surface area contributed by atoms with Gasteiger partial charge in [0.25, 0.3) is 0 Å². The zero-order valence-electron chi connectivity index (χ0n) is 9.98. The van der Waals surface area contributed by atoms with Gasteiger partial charge in [-0.3, -0.25) is 0 Å². The van der Waals surface area contributed by atoms with Crippen LogP contribution in [0.3, 0.4) is 0 Å². The van der Waals surface area contributed by atoms with E-state index >= 15 is 0 Å². The molecule has 2 atom stereocenters. The van der Waals surface area contributed by atoms with Gasteiger partial charge in [0.05, 0.1) is 0 Å². The van der Waals surface area contributed by atoms with E-state index < -0.39 is 11.9 Å². The quantitative estimate of drug-likeness (QED) is 0.878. The van der Waals surface area contributed by atoms with Crippen molar-refractivity contribution in [3.05, 3.63) is 18.0 Å². The van der Waals surface area contributed by atoms with E-state index in [0.717, 1.165) is 18.7 Å². The van der Waals surface area contributed by atoms with Gasteiger partial charge in [-0.1, -0.05) is 0 Å². The smallest absolute Gasteiger partial charge is 0.340 e. The number of rotatable bonds is 2. The van der Waals surface area contributed by atoms with E-state index in [4.69, 9.17) is 5.73 Å². The van der Waals surface area contributed by atoms with Gasteiger partial charge in [-0.15, -0.1) is 0 Å². The van der Waals surface area contributed by atoms with E-state index in [1.807, 2.05) is 6.92 Å². The number of alkyl halides is 3. The fraction of sp³-hybridized carbons (Fsp3) is 0.636. The highest BCUT2D eigenvalue weighted by Crippen LogP contribution is 2.29. The minimum atomic E-state index is -4.43. The molecule has 2 N–H and O–H groups in total. The SMILES string of the molecule is CC(N)C1CCN(c2nccc(C(F)(F)F)n2)C1. The van der Waals surface area contributed by atoms with E-state index in [1.54, 1.807) is 4.90 Å². The topological polar surface area (TPSA) is 55.0 Å². The Kier molecular flexibility index (Phi) is 3.43. The van der Waals surface area contributed by atoms with E-state index in [1.165, 1.54) is 0 Å².